The van der Waals surface area contributed by atoms with Crippen molar-refractivity contribution in [3.63, 3.8) is 0 Å². The zero-order chi connectivity index (χ0) is 10.4. The van der Waals surface area contributed by atoms with Crippen molar-refractivity contribution in [2.75, 3.05) is 20.7 Å². The number of rotatable bonds is 5. The highest BCUT2D eigenvalue weighted by atomic mass is 16.5. The molecule has 4 heteroatoms. The van der Waals surface area contributed by atoms with E-state index in [4.69, 9.17) is 0 Å². The Hall–Kier alpha value is -0.610. The topological polar surface area (TPSA) is 49.8 Å². The Kier molecular flexibility index (Phi) is 5.66. The summed E-state index contributed by atoms with van der Waals surface area (Å²) in [6.07, 6.45) is -0.576. The van der Waals surface area contributed by atoms with Gasteiger partial charge in [0.25, 0.3) is 0 Å². The van der Waals surface area contributed by atoms with Crippen LogP contribution in [0.5, 0.6) is 0 Å². The van der Waals surface area contributed by atoms with Gasteiger partial charge in [-0.2, -0.15) is 0 Å². The van der Waals surface area contributed by atoms with Crippen LogP contribution in [-0.4, -0.2) is 48.8 Å². The summed E-state index contributed by atoms with van der Waals surface area (Å²) in [5.41, 5.74) is 0. The van der Waals surface area contributed by atoms with Crippen LogP contribution in [0.2, 0.25) is 0 Å². The summed E-state index contributed by atoms with van der Waals surface area (Å²) in [5.74, 6) is -0.558. The zero-order valence-corrected chi connectivity index (χ0v) is 8.78. The van der Waals surface area contributed by atoms with Crippen LogP contribution in [0.1, 0.15) is 20.3 Å². The standard InChI is InChI=1S/C9H19NO3/c1-7(2)10(3)6-5-8(11)9(12)13-4/h7-8,11H,5-6H2,1-4H3. The molecule has 1 atom stereocenters. The van der Waals surface area contributed by atoms with E-state index in [1.807, 2.05) is 7.05 Å². The summed E-state index contributed by atoms with van der Waals surface area (Å²) in [6, 6.07) is 0.421. The number of aliphatic hydroxyl groups is 1. The summed E-state index contributed by atoms with van der Waals surface area (Å²) < 4.78 is 4.40. The van der Waals surface area contributed by atoms with Crippen LogP contribution in [0, 0.1) is 0 Å². The third-order valence-electron chi connectivity index (χ3n) is 2.11. The van der Waals surface area contributed by atoms with Gasteiger partial charge in [0.2, 0.25) is 0 Å². The van der Waals surface area contributed by atoms with Crippen molar-refractivity contribution in [2.24, 2.45) is 0 Å². The fraction of sp³-hybridized carbons (Fsp3) is 0.889. The van der Waals surface area contributed by atoms with Gasteiger partial charge in [0.05, 0.1) is 7.11 Å². The molecule has 0 aromatic heterocycles. The van der Waals surface area contributed by atoms with E-state index < -0.39 is 12.1 Å². The molecule has 0 aromatic rings. The predicted molar refractivity (Wildman–Crippen MR) is 50.4 cm³/mol. The van der Waals surface area contributed by atoms with Gasteiger partial charge in [-0.1, -0.05) is 0 Å². The second-order valence-corrected chi connectivity index (χ2v) is 3.40. The summed E-state index contributed by atoms with van der Waals surface area (Å²) in [5, 5.41) is 9.25. The number of ether oxygens (including phenoxy) is 1. The molecule has 0 bridgehead atoms. The summed E-state index contributed by atoms with van der Waals surface area (Å²) in [7, 11) is 3.23. The van der Waals surface area contributed by atoms with Gasteiger partial charge < -0.3 is 14.7 Å². The van der Waals surface area contributed by atoms with Gasteiger partial charge in [-0.05, 0) is 27.3 Å². The van der Waals surface area contributed by atoms with E-state index >= 15 is 0 Å². The predicted octanol–water partition coefficient (Wildman–Crippen LogP) is 0.251. The lowest BCUT2D eigenvalue weighted by Crippen LogP contribution is -2.32. The van der Waals surface area contributed by atoms with Crippen molar-refractivity contribution < 1.29 is 14.6 Å². The first-order chi connectivity index (χ1) is 5.99. The third kappa shape index (κ3) is 4.85. The van der Waals surface area contributed by atoms with E-state index in [-0.39, 0.29) is 0 Å². The number of carbonyl (C=O) groups is 1. The lowest BCUT2D eigenvalue weighted by molar-refractivity contribution is -0.150. The van der Waals surface area contributed by atoms with Gasteiger partial charge in [0, 0.05) is 12.6 Å². The fourth-order valence-electron chi connectivity index (χ4n) is 0.838. The van der Waals surface area contributed by atoms with Gasteiger partial charge in [-0.3, -0.25) is 0 Å². The number of esters is 1. The Labute approximate surface area is 79.5 Å². The molecule has 0 saturated carbocycles. The highest BCUT2D eigenvalue weighted by molar-refractivity contribution is 5.74. The molecule has 0 rings (SSSR count). The van der Waals surface area contributed by atoms with Crippen LogP contribution >= 0.6 is 0 Å². The van der Waals surface area contributed by atoms with Gasteiger partial charge in [-0.25, -0.2) is 4.79 Å². The number of nitrogens with zero attached hydrogens (tertiary/aromatic N) is 1. The Morgan fingerprint density at radius 1 is 1.54 bits per heavy atom. The second-order valence-electron chi connectivity index (χ2n) is 3.40. The molecule has 0 spiro atoms. The minimum atomic E-state index is -0.994. The normalized spacial score (nSPS) is 13.5. The highest BCUT2D eigenvalue weighted by Gasteiger charge is 2.16. The SMILES string of the molecule is COC(=O)C(O)CCN(C)C(C)C. The molecular weight excluding hydrogens is 170 g/mol. The molecule has 13 heavy (non-hydrogen) atoms. The van der Waals surface area contributed by atoms with Crippen LogP contribution in [0.3, 0.4) is 0 Å². The minimum absolute atomic E-state index is 0.418. The van der Waals surface area contributed by atoms with E-state index in [0.29, 0.717) is 19.0 Å². The number of hydrogen-bond donors (Lipinski definition) is 1. The average molecular weight is 189 g/mol. The van der Waals surface area contributed by atoms with Crippen molar-refractivity contribution in [3.05, 3.63) is 0 Å². The van der Waals surface area contributed by atoms with Crippen LogP contribution in [0.4, 0.5) is 0 Å². The number of carbonyl (C=O) groups excluding carboxylic acids is 1. The Bertz CT molecular complexity index is 159. The summed E-state index contributed by atoms with van der Waals surface area (Å²) in [6.45, 7) is 4.81. The molecule has 78 valence electrons. The first-order valence-corrected chi connectivity index (χ1v) is 4.45. The third-order valence-corrected chi connectivity index (χ3v) is 2.11. The van der Waals surface area contributed by atoms with Gasteiger partial charge in [0.15, 0.2) is 6.10 Å². The number of methoxy groups -OCH3 is 1. The highest BCUT2D eigenvalue weighted by Crippen LogP contribution is 1.99. The fourth-order valence-corrected chi connectivity index (χ4v) is 0.838. The Morgan fingerprint density at radius 3 is 2.46 bits per heavy atom. The van der Waals surface area contributed by atoms with Crippen molar-refractivity contribution in [2.45, 2.75) is 32.4 Å². The molecule has 0 amide bonds. The largest absolute Gasteiger partial charge is 0.467 e. The molecule has 0 fully saturated rings. The molecule has 1 unspecified atom stereocenters. The molecule has 0 radical (unpaired) electrons. The molecule has 4 nitrogen and oxygen atoms in total. The van der Waals surface area contributed by atoms with Crippen LogP contribution in [0.25, 0.3) is 0 Å². The summed E-state index contributed by atoms with van der Waals surface area (Å²) >= 11 is 0. The van der Waals surface area contributed by atoms with Crippen LogP contribution < -0.4 is 0 Å². The lowest BCUT2D eigenvalue weighted by Gasteiger charge is -2.21. The summed E-state index contributed by atoms with van der Waals surface area (Å²) in [4.78, 5) is 12.9. The molecular formula is C9H19NO3. The van der Waals surface area contributed by atoms with Crippen molar-refractivity contribution >= 4 is 5.97 Å². The average Bonchev–Trinajstić information content (AvgIpc) is 2.11. The maximum absolute atomic E-state index is 10.8. The first kappa shape index (κ1) is 12.4. The molecule has 0 aromatic carbocycles. The van der Waals surface area contributed by atoms with Crippen molar-refractivity contribution in [1.29, 1.82) is 0 Å². The quantitative estimate of drug-likeness (QED) is 0.630. The zero-order valence-electron chi connectivity index (χ0n) is 8.78. The molecule has 0 aliphatic heterocycles. The van der Waals surface area contributed by atoms with Gasteiger partial charge >= 0.3 is 5.97 Å². The van der Waals surface area contributed by atoms with Crippen molar-refractivity contribution in [3.8, 4) is 0 Å². The van der Waals surface area contributed by atoms with E-state index in [1.54, 1.807) is 0 Å². The monoisotopic (exact) mass is 189 g/mol. The Balaban J connectivity index is 3.69. The molecule has 1 N–H and O–H groups in total. The molecule has 0 aliphatic carbocycles. The number of hydrogen-bond acceptors (Lipinski definition) is 4. The molecule has 0 saturated heterocycles. The van der Waals surface area contributed by atoms with Crippen molar-refractivity contribution in [1.82, 2.24) is 4.90 Å². The lowest BCUT2D eigenvalue weighted by atomic mass is 10.2. The van der Waals surface area contributed by atoms with Crippen LogP contribution in [-0.2, 0) is 9.53 Å². The van der Waals surface area contributed by atoms with Gasteiger partial charge in [-0.15, -0.1) is 0 Å². The van der Waals surface area contributed by atoms with E-state index in [1.165, 1.54) is 7.11 Å². The molecule has 0 aliphatic rings. The van der Waals surface area contributed by atoms with Crippen LogP contribution in [0.15, 0.2) is 0 Å². The maximum Gasteiger partial charge on any atom is 0.334 e. The Morgan fingerprint density at radius 2 is 2.08 bits per heavy atom. The van der Waals surface area contributed by atoms with E-state index in [0.717, 1.165) is 0 Å². The van der Waals surface area contributed by atoms with Gasteiger partial charge in [0.1, 0.15) is 0 Å². The number of aliphatic hydroxyl groups excluding tert-OH is 1. The maximum atomic E-state index is 10.8. The smallest absolute Gasteiger partial charge is 0.334 e. The van der Waals surface area contributed by atoms with E-state index in [2.05, 4.69) is 23.5 Å². The first-order valence-electron chi connectivity index (χ1n) is 4.45. The van der Waals surface area contributed by atoms with E-state index in [9.17, 15) is 9.90 Å². The molecule has 0 heterocycles. The second kappa shape index (κ2) is 5.94. The minimum Gasteiger partial charge on any atom is -0.467 e.